The summed E-state index contributed by atoms with van der Waals surface area (Å²) in [7, 11) is 0. The van der Waals surface area contributed by atoms with Gasteiger partial charge in [0.2, 0.25) is 11.2 Å². The number of para-hydroxylation sites is 1. The molecule has 0 radical (unpaired) electrons. The SMILES string of the molecule is Cc1cccc(NC(=O)COc2ccc3c(=O)c(Oc4ccccc4C(C)C)coc3c2)c1C. The molecule has 174 valence electrons. The van der Waals surface area contributed by atoms with Crippen molar-refractivity contribution in [3.63, 3.8) is 0 Å². The Labute approximate surface area is 198 Å². The molecule has 0 saturated carbocycles. The normalized spacial score (nSPS) is 11.0. The molecule has 0 aliphatic rings. The predicted octanol–water partition coefficient (Wildman–Crippen LogP) is 6.34. The van der Waals surface area contributed by atoms with Gasteiger partial charge in [-0.15, -0.1) is 0 Å². The average molecular weight is 458 g/mol. The maximum absolute atomic E-state index is 13.0. The quantitative estimate of drug-likeness (QED) is 0.350. The number of benzene rings is 3. The van der Waals surface area contributed by atoms with Crippen LogP contribution < -0.4 is 20.2 Å². The second-order valence-corrected chi connectivity index (χ2v) is 8.47. The molecule has 6 nitrogen and oxygen atoms in total. The number of anilines is 1. The third-order valence-corrected chi connectivity index (χ3v) is 5.72. The van der Waals surface area contributed by atoms with Crippen LogP contribution in [0, 0.1) is 13.8 Å². The van der Waals surface area contributed by atoms with Crippen LogP contribution in [0.2, 0.25) is 0 Å². The van der Waals surface area contributed by atoms with E-state index in [1.165, 1.54) is 6.26 Å². The highest BCUT2D eigenvalue weighted by molar-refractivity contribution is 5.92. The molecule has 0 spiro atoms. The van der Waals surface area contributed by atoms with Gasteiger partial charge in [0, 0.05) is 11.8 Å². The van der Waals surface area contributed by atoms with Crippen molar-refractivity contribution < 1.29 is 18.7 Å². The van der Waals surface area contributed by atoms with Crippen molar-refractivity contribution in [2.24, 2.45) is 0 Å². The number of aryl methyl sites for hydroxylation is 1. The van der Waals surface area contributed by atoms with Gasteiger partial charge in [-0.05, 0) is 60.7 Å². The third kappa shape index (κ3) is 4.96. The summed E-state index contributed by atoms with van der Waals surface area (Å²) in [6.45, 7) is 7.90. The molecule has 34 heavy (non-hydrogen) atoms. The second kappa shape index (κ2) is 9.83. The fourth-order valence-corrected chi connectivity index (χ4v) is 3.64. The van der Waals surface area contributed by atoms with E-state index in [2.05, 4.69) is 19.2 Å². The van der Waals surface area contributed by atoms with Crippen molar-refractivity contribution in [2.45, 2.75) is 33.6 Å². The number of carbonyl (C=O) groups excluding carboxylic acids is 1. The van der Waals surface area contributed by atoms with Crippen molar-refractivity contribution in [3.05, 3.63) is 93.8 Å². The molecule has 3 aromatic carbocycles. The first-order valence-corrected chi connectivity index (χ1v) is 11.1. The maximum Gasteiger partial charge on any atom is 0.262 e. The Hall–Kier alpha value is -4.06. The summed E-state index contributed by atoms with van der Waals surface area (Å²) in [5.74, 6) is 1.13. The lowest BCUT2D eigenvalue weighted by Crippen LogP contribution is -2.20. The lowest BCUT2D eigenvalue weighted by molar-refractivity contribution is -0.118. The van der Waals surface area contributed by atoms with Gasteiger partial charge in [0.1, 0.15) is 23.3 Å². The Balaban J connectivity index is 1.48. The standard InChI is InChI=1S/C28H27NO5/c1-17(2)21-9-5-6-11-24(21)34-26-15-33-25-14-20(12-13-22(25)28(26)31)32-16-27(30)29-23-10-7-8-18(3)19(23)4/h5-15,17H,16H2,1-4H3,(H,29,30). The summed E-state index contributed by atoms with van der Waals surface area (Å²) >= 11 is 0. The van der Waals surface area contributed by atoms with Gasteiger partial charge in [-0.1, -0.05) is 44.2 Å². The van der Waals surface area contributed by atoms with E-state index in [9.17, 15) is 9.59 Å². The molecule has 1 N–H and O–H groups in total. The molecule has 0 atom stereocenters. The highest BCUT2D eigenvalue weighted by atomic mass is 16.5. The zero-order chi connectivity index (χ0) is 24.2. The van der Waals surface area contributed by atoms with E-state index in [0.717, 1.165) is 22.4 Å². The van der Waals surface area contributed by atoms with Crippen molar-refractivity contribution in [1.82, 2.24) is 0 Å². The zero-order valence-corrected chi connectivity index (χ0v) is 19.7. The van der Waals surface area contributed by atoms with Crippen LogP contribution in [0.15, 0.2) is 76.1 Å². The molecule has 0 aliphatic heterocycles. The summed E-state index contributed by atoms with van der Waals surface area (Å²) in [6.07, 6.45) is 1.30. The van der Waals surface area contributed by atoms with Gasteiger partial charge < -0.3 is 19.2 Å². The number of rotatable bonds is 7. The van der Waals surface area contributed by atoms with Crippen molar-refractivity contribution in [1.29, 1.82) is 0 Å². The molecule has 0 aliphatic carbocycles. The number of hydrogen-bond acceptors (Lipinski definition) is 5. The lowest BCUT2D eigenvalue weighted by atomic mass is 10.0. The summed E-state index contributed by atoms with van der Waals surface area (Å²) in [5, 5.41) is 3.22. The monoisotopic (exact) mass is 457 g/mol. The van der Waals surface area contributed by atoms with E-state index < -0.39 is 0 Å². The third-order valence-electron chi connectivity index (χ3n) is 5.72. The first-order chi connectivity index (χ1) is 16.3. The average Bonchev–Trinajstić information content (AvgIpc) is 2.82. The molecule has 0 fully saturated rings. The van der Waals surface area contributed by atoms with Crippen LogP contribution in [-0.2, 0) is 4.79 Å². The number of amides is 1. The number of ether oxygens (including phenoxy) is 2. The van der Waals surface area contributed by atoms with Gasteiger partial charge in [-0.3, -0.25) is 9.59 Å². The van der Waals surface area contributed by atoms with Crippen LogP contribution in [0.25, 0.3) is 11.0 Å². The maximum atomic E-state index is 13.0. The molecule has 6 heteroatoms. The summed E-state index contributed by atoms with van der Waals surface area (Å²) in [6, 6.07) is 18.2. The molecule has 0 saturated heterocycles. The van der Waals surface area contributed by atoms with Gasteiger partial charge >= 0.3 is 0 Å². The summed E-state index contributed by atoms with van der Waals surface area (Å²) in [4.78, 5) is 25.3. The van der Waals surface area contributed by atoms with Crippen LogP contribution >= 0.6 is 0 Å². The number of nitrogens with one attached hydrogen (secondary N) is 1. The molecule has 1 heterocycles. The minimum absolute atomic E-state index is 0.113. The van der Waals surface area contributed by atoms with Crippen molar-refractivity contribution in [3.8, 4) is 17.2 Å². The van der Waals surface area contributed by atoms with E-state index >= 15 is 0 Å². The zero-order valence-electron chi connectivity index (χ0n) is 19.7. The van der Waals surface area contributed by atoms with Gasteiger partial charge in [-0.2, -0.15) is 0 Å². The highest BCUT2D eigenvalue weighted by Crippen LogP contribution is 2.30. The van der Waals surface area contributed by atoms with Gasteiger partial charge in [0.05, 0.1) is 5.39 Å². The van der Waals surface area contributed by atoms with E-state index in [1.807, 2.05) is 56.3 Å². The number of hydrogen-bond donors (Lipinski definition) is 1. The highest BCUT2D eigenvalue weighted by Gasteiger charge is 2.14. The molecule has 1 aromatic heterocycles. The first kappa shape index (κ1) is 23.1. The predicted molar refractivity (Wildman–Crippen MR) is 133 cm³/mol. The minimum Gasteiger partial charge on any atom is -0.484 e. The Morgan fingerprint density at radius 2 is 1.79 bits per heavy atom. The summed E-state index contributed by atoms with van der Waals surface area (Å²) < 4.78 is 17.2. The lowest BCUT2D eigenvalue weighted by Gasteiger charge is -2.13. The largest absolute Gasteiger partial charge is 0.484 e. The fourth-order valence-electron chi connectivity index (χ4n) is 3.64. The molecular formula is C28H27NO5. The number of fused-ring (bicyclic) bond motifs is 1. The smallest absolute Gasteiger partial charge is 0.262 e. The minimum atomic E-state index is -0.279. The molecule has 1 amide bonds. The Kier molecular flexibility index (Phi) is 6.68. The molecule has 0 bridgehead atoms. The van der Waals surface area contributed by atoms with Gasteiger partial charge in [-0.25, -0.2) is 0 Å². The Bertz CT molecular complexity index is 1400. The Morgan fingerprint density at radius 3 is 2.59 bits per heavy atom. The van der Waals surface area contributed by atoms with E-state index in [1.54, 1.807) is 18.2 Å². The van der Waals surface area contributed by atoms with Crippen LogP contribution in [0.4, 0.5) is 5.69 Å². The van der Waals surface area contributed by atoms with Gasteiger partial charge in [0.15, 0.2) is 6.61 Å². The van der Waals surface area contributed by atoms with Crippen LogP contribution in [0.3, 0.4) is 0 Å². The molecule has 4 rings (SSSR count). The van der Waals surface area contributed by atoms with Crippen molar-refractivity contribution in [2.75, 3.05) is 11.9 Å². The van der Waals surface area contributed by atoms with E-state index in [0.29, 0.717) is 22.5 Å². The Morgan fingerprint density at radius 1 is 1.00 bits per heavy atom. The fraction of sp³-hybridized carbons (Fsp3) is 0.214. The topological polar surface area (TPSA) is 77.8 Å². The van der Waals surface area contributed by atoms with Crippen LogP contribution in [0.1, 0.15) is 36.5 Å². The second-order valence-electron chi connectivity index (χ2n) is 8.47. The van der Waals surface area contributed by atoms with Crippen LogP contribution in [-0.4, -0.2) is 12.5 Å². The molecule has 4 aromatic rings. The first-order valence-electron chi connectivity index (χ1n) is 11.1. The van der Waals surface area contributed by atoms with E-state index in [-0.39, 0.29) is 29.6 Å². The van der Waals surface area contributed by atoms with E-state index in [4.69, 9.17) is 13.9 Å². The molecule has 0 unspecified atom stereocenters. The van der Waals surface area contributed by atoms with Crippen molar-refractivity contribution >= 4 is 22.6 Å². The summed E-state index contributed by atoms with van der Waals surface area (Å²) in [5.41, 5.74) is 3.94. The molecular weight excluding hydrogens is 430 g/mol. The van der Waals surface area contributed by atoms with Gasteiger partial charge in [0.25, 0.3) is 5.91 Å². The van der Waals surface area contributed by atoms with Crippen LogP contribution in [0.5, 0.6) is 17.2 Å². The number of carbonyl (C=O) groups is 1.